The first-order valence-electron chi connectivity index (χ1n) is 4.62. The maximum Gasteiger partial charge on any atom is 0.146 e. The molecule has 0 heterocycles. The lowest BCUT2D eigenvalue weighted by Crippen LogP contribution is -2.18. The van der Waals surface area contributed by atoms with Crippen LogP contribution in [0.3, 0.4) is 0 Å². The van der Waals surface area contributed by atoms with Crippen LogP contribution in [0.5, 0.6) is 0 Å². The molecule has 0 N–H and O–H groups in total. The topological polar surface area (TPSA) is 26.3 Å². The van der Waals surface area contributed by atoms with E-state index in [4.69, 9.17) is 4.74 Å². The van der Waals surface area contributed by atoms with E-state index in [1.807, 2.05) is 24.3 Å². The predicted molar refractivity (Wildman–Crippen MR) is 54.5 cm³/mol. The van der Waals surface area contributed by atoms with E-state index in [0.29, 0.717) is 5.92 Å². The number of aldehydes is 1. The summed E-state index contributed by atoms with van der Waals surface area (Å²) in [5.74, 6) is 1.28. The van der Waals surface area contributed by atoms with Crippen molar-refractivity contribution in [2.45, 2.75) is 0 Å². The van der Waals surface area contributed by atoms with Gasteiger partial charge in [0.25, 0.3) is 0 Å². The minimum absolute atomic E-state index is 0.150. The third-order valence-electron chi connectivity index (χ3n) is 2.62. The van der Waals surface area contributed by atoms with Crippen molar-refractivity contribution < 1.29 is 9.53 Å². The average Bonchev–Trinajstić information content (AvgIpc) is 2.27. The number of ether oxygens (including phenoxy) is 1. The summed E-state index contributed by atoms with van der Waals surface area (Å²) in [4.78, 5) is 10.8. The Labute approximate surface area is 83.3 Å². The summed E-state index contributed by atoms with van der Waals surface area (Å²) < 4.78 is 5.14. The number of hydrogen-bond acceptors (Lipinski definition) is 2. The third-order valence-corrected chi connectivity index (χ3v) is 2.62. The molecule has 0 aromatic heterocycles. The van der Waals surface area contributed by atoms with Crippen LogP contribution in [0.1, 0.15) is 0 Å². The fourth-order valence-electron chi connectivity index (χ4n) is 1.83. The van der Waals surface area contributed by atoms with Crippen LogP contribution in [0.25, 0.3) is 0 Å². The summed E-state index contributed by atoms with van der Waals surface area (Å²) in [6.45, 7) is 0. The predicted octanol–water partition coefficient (Wildman–Crippen LogP) is 2.01. The van der Waals surface area contributed by atoms with Crippen LogP contribution in [0.2, 0.25) is 0 Å². The molecule has 0 saturated heterocycles. The second-order valence-corrected chi connectivity index (χ2v) is 3.40. The van der Waals surface area contributed by atoms with E-state index in [9.17, 15) is 4.79 Å². The zero-order valence-corrected chi connectivity index (χ0v) is 8.01. The van der Waals surface area contributed by atoms with Gasteiger partial charge in [-0.15, -0.1) is 0 Å². The molecule has 0 aromatic carbocycles. The van der Waals surface area contributed by atoms with Crippen LogP contribution in [0.4, 0.5) is 0 Å². The monoisotopic (exact) mass is 188 g/mol. The Kier molecular flexibility index (Phi) is 2.35. The molecule has 2 aliphatic carbocycles. The highest BCUT2D eigenvalue weighted by Crippen LogP contribution is 2.32. The van der Waals surface area contributed by atoms with E-state index >= 15 is 0 Å². The maximum absolute atomic E-state index is 10.8. The minimum Gasteiger partial charge on any atom is -0.497 e. The number of methoxy groups -OCH3 is 1. The molecule has 2 heteroatoms. The molecule has 2 unspecified atom stereocenters. The number of carbonyl (C=O) groups is 1. The lowest BCUT2D eigenvalue weighted by atomic mass is 9.80. The Bertz CT molecular complexity index is 359. The molecule has 0 saturated carbocycles. The quantitative estimate of drug-likeness (QED) is 0.620. The summed E-state index contributed by atoms with van der Waals surface area (Å²) in [5.41, 5.74) is 0.816. The van der Waals surface area contributed by atoms with E-state index in [1.165, 1.54) is 0 Å². The van der Waals surface area contributed by atoms with Gasteiger partial charge in [-0.05, 0) is 17.7 Å². The first-order valence-corrected chi connectivity index (χ1v) is 4.62. The van der Waals surface area contributed by atoms with Crippen molar-refractivity contribution >= 4 is 6.29 Å². The van der Waals surface area contributed by atoms with Crippen LogP contribution in [0.15, 0.2) is 47.8 Å². The number of hydrogen-bond donors (Lipinski definition) is 0. The molecule has 72 valence electrons. The van der Waals surface area contributed by atoms with Gasteiger partial charge in [0.1, 0.15) is 12.0 Å². The Hall–Kier alpha value is -1.57. The van der Waals surface area contributed by atoms with E-state index in [-0.39, 0.29) is 5.92 Å². The Balaban J connectivity index is 2.32. The van der Waals surface area contributed by atoms with Gasteiger partial charge in [0.2, 0.25) is 0 Å². The first-order chi connectivity index (χ1) is 6.85. The van der Waals surface area contributed by atoms with Crippen molar-refractivity contribution in [1.82, 2.24) is 0 Å². The molecule has 2 rings (SSSR count). The Morgan fingerprint density at radius 3 is 3.00 bits per heavy atom. The normalized spacial score (nSPS) is 28.9. The highest BCUT2D eigenvalue weighted by atomic mass is 16.5. The Morgan fingerprint density at radius 2 is 2.29 bits per heavy atom. The largest absolute Gasteiger partial charge is 0.497 e. The zero-order chi connectivity index (χ0) is 9.97. The molecule has 2 aliphatic rings. The van der Waals surface area contributed by atoms with Crippen LogP contribution < -0.4 is 0 Å². The SMILES string of the molecule is COC1=CC2C(C=O)=CC=CC2C=C1. The molecule has 0 aliphatic heterocycles. The summed E-state index contributed by atoms with van der Waals surface area (Å²) in [6, 6.07) is 0. The molecule has 0 aromatic rings. The maximum atomic E-state index is 10.8. The lowest BCUT2D eigenvalue weighted by molar-refractivity contribution is -0.105. The molecule has 0 radical (unpaired) electrons. The van der Waals surface area contributed by atoms with Gasteiger partial charge in [-0.25, -0.2) is 0 Å². The fraction of sp³-hybridized carbons (Fsp3) is 0.250. The summed E-state index contributed by atoms with van der Waals surface area (Å²) in [5, 5.41) is 0. The van der Waals surface area contributed by atoms with Gasteiger partial charge in [0.05, 0.1) is 7.11 Å². The minimum atomic E-state index is 0.150. The van der Waals surface area contributed by atoms with Crippen LogP contribution in [-0.4, -0.2) is 13.4 Å². The van der Waals surface area contributed by atoms with Gasteiger partial charge < -0.3 is 4.74 Å². The molecule has 2 nitrogen and oxygen atoms in total. The summed E-state index contributed by atoms with van der Waals surface area (Å²) in [6.07, 6.45) is 12.8. The fourth-order valence-corrected chi connectivity index (χ4v) is 1.83. The van der Waals surface area contributed by atoms with Crippen molar-refractivity contribution in [3.8, 4) is 0 Å². The van der Waals surface area contributed by atoms with Gasteiger partial charge in [0.15, 0.2) is 0 Å². The number of allylic oxidation sites excluding steroid dienone is 7. The third kappa shape index (κ3) is 1.43. The van der Waals surface area contributed by atoms with Crippen molar-refractivity contribution in [1.29, 1.82) is 0 Å². The second kappa shape index (κ2) is 3.66. The molecule has 2 atom stereocenters. The van der Waals surface area contributed by atoms with Gasteiger partial charge in [-0.2, -0.15) is 0 Å². The van der Waals surface area contributed by atoms with E-state index in [1.54, 1.807) is 7.11 Å². The number of carbonyl (C=O) groups excluding carboxylic acids is 1. The molecule has 0 fully saturated rings. The molecular weight excluding hydrogens is 176 g/mol. The molecule has 14 heavy (non-hydrogen) atoms. The summed E-state index contributed by atoms with van der Waals surface area (Å²) in [7, 11) is 1.64. The molecule has 0 spiro atoms. The van der Waals surface area contributed by atoms with E-state index in [2.05, 4.69) is 12.2 Å². The van der Waals surface area contributed by atoms with E-state index in [0.717, 1.165) is 17.6 Å². The second-order valence-electron chi connectivity index (χ2n) is 3.40. The number of rotatable bonds is 2. The highest BCUT2D eigenvalue weighted by molar-refractivity contribution is 5.76. The van der Waals surface area contributed by atoms with Crippen molar-refractivity contribution in [2.24, 2.45) is 11.8 Å². The molecule has 0 amide bonds. The average molecular weight is 188 g/mol. The van der Waals surface area contributed by atoms with Gasteiger partial charge in [-0.3, -0.25) is 4.79 Å². The van der Waals surface area contributed by atoms with Crippen LogP contribution >= 0.6 is 0 Å². The van der Waals surface area contributed by atoms with Crippen molar-refractivity contribution in [2.75, 3.05) is 7.11 Å². The molecule has 0 bridgehead atoms. The molecular formula is C12H12O2. The van der Waals surface area contributed by atoms with Crippen LogP contribution in [0, 0.1) is 11.8 Å². The number of fused-ring (bicyclic) bond motifs is 1. The van der Waals surface area contributed by atoms with E-state index < -0.39 is 0 Å². The standard InChI is InChI=1S/C12H12O2/c1-14-11-6-5-9-3-2-4-10(8-13)12(9)7-11/h2-9,12H,1H3. The smallest absolute Gasteiger partial charge is 0.146 e. The van der Waals surface area contributed by atoms with Gasteiger partial charge in [0, 0.05) is 11.8 Å². The summed E-state index contributed by atoms with van der Waals surface area (Å²) >= 11 is 0. The van der Waals surface area contributed by atoms with Crippen molar-refractivity contribution in [3.05, 3.63) is 47.8 Å². The Morgan fingerprint density at radius 1 is 1.43 bits per heavy atom. The van der Waals surface area contributed by atoms with Crippen LogP contribution in [-0.2, 0) is 9.53 Å². The first kappa shape index (κ1) is 9.00. The zero-order valence-electron chi connectivity index (χ0n) is 8.01. The van der Waals surface area contributed by atoms with Crippen molar-refractivity contribution in [3.63, 3.8) is 0 Å². The lowest BCUT2D eigenvalue weighted by Gasteiger charge is -2.25. The highest BCUT2D eigenvalue weighted by Gasteiger charge is 2.24. The van der Waals surface area contributed by atoms with Gasteiger partial charge >= 0.3 is 0 Å². The van der Waals surface area contributed by atoms with Gasteiger partial charge in [-0.1, -0.05) is 24.3 Å².